The molecule has 1 aromatic heterocycles. The molecular formula is C32H27NO2. The third kappa shape index (κ3) is 4.29. The minimum absolute atomic E-state index is 0.0863. The lowest BCUT2D eigenvalue weighted by Gasteiger charge is -2.21. The van der Waals surface area contributed by atoms with Crippen molar-refractivity contribution in [2.24, 2.45) is 0 Å². The molecule has 3 heteroatoms. The van der Waals surface area contributed by atoms with E-state index in [2.05, 4.69) is 31.2 Å². The number of phenolic OH excluding ortho intramolecular Hbond substituents is 1. The number of hydrogen-bond donors (Lipinski definition) is 1. The van der Waals surface area contributed by atoms with Gasteiger partial charge >= 0.3 is 0 Å². The number of aryl methyl sites for hydroxylation is 3. The number of rotatable bonds is 4. The van der Waals surface area contributed by atoms with Crippen molar-refractivity contribution in [3.8, 4) is 50.8 Å². The Morgan fingerprint density at radius 2 is 1.09 bits per heavy atom. The van der Waals surface area contributed by atoms with Crippen molar-refractivity contribution < 1.29 is 14.8 Å². The van der Waals surface area contributed by atoms with E-state index in [1.54, 1.807) is 12.1 Å². The zero-order valence-electron chi connectivity index (χ0n) is 20.1. The summed E-state index contributed by atoms with van der Waals surface area (Å²) in [5, 5.41) is 25.1. The van der Waals surface area contributed by atoms with E-state index in [0.29, 0.717) is 16.9 Å². The van der Waals surface area contributed by atoms with Gasteiger partial charge in [0, 0.05) is 23.3 Å². The monoisotopic (exact) mass is 457 g/mol. The van der Waals surface area contributed by atoms with Crippen LogP contribution in [0.1, 0.15) is 16.7 Å². The summed E-state index contributed by atoms with van der Waals surface area (Å²) in [6.45, 7) is 6.12. The minimum Gasteiger partial charge on any atom is -0.868 e. The topological polar surface area (TPSA) is 47.2 Å². The molecule has 0 aliphatic carbocycles. The molecule has 5 rings (SSSR count). The maximum Gasteiger partial charge on any atom is 0.253 e. The first-order valence-corrected chi connectivity index (χ1v) is 11.7. The second kappa shape index (κ2) is 9.11. The Hall–Kier alpha value is -4.37. The number of aromatic hydroxyl groups is 1. The number of aromatic nitrogens is 1. The SMILES string of the molecule is Cc1ccc(-c2cc(-c3ccc(C)cc3)[n+](-c3ccccc3O)c(-c3ccc(C)cc3)c2[O-])cc1. The molecule has 1 heterocycles. The zero-order chi connectivity index (χ0) is 24.5. The van der Waals surface area contributed by atoms with Crippen LogP contribution in [0.25, 0.3) is 39.3 Å². The highest BCUT2D eigenvalue weighted by atomic mass is 16.3. The van der Waals surface area contributed by atoms with Gasteiger partial charge in [0.05, 0.1) is 0 Å². The molecule has 0 saturated heterocycles. The molecule has 4 aromatic carbocycles. The number of hydrogen-bond acceptors (Lipinski definition) is 2. The smallest absolute Gasteiger partial charge is 0.253 e. The molecule has 0 aliphatic heterocycles. The summed E-state index contributed by atoms with van der Waals surface area (Å²) in [7, 11) is 0. The van der Waals surface area contributed by atoms with Gasteiger partial charge in [-0.3, -0.25) is 0 Å². The van der Waals surface area contributed by atoms with Crippen molar-refractivity contribution in [1.82, 2.24) is 0 Å². The van der Waals surface area contributed by atoms with E-state index in [9.17, 15) is 10.2 Å². The van der Waals surface area contributed by atoms with Gasteiger partial charge in [-0.05, 0) is 68.0 Å². The average molecular weight is 458 g/mol. The van der Waals surface area contributed by atoms with Crippen molar-refractivity contribution >= 4 is 0 Å². The Morgan fingerprint density at radius 1 is 0.600 bits per heavy atom. The van der Waals surface area contributed by atoms with E-state index < -0.39 is 0 Å². The maximum absolute atomic E-state index is 14.2. The molecule has 0 spiro atoms. The number of phenols is 1. The molecule has 0 fully saturated rings. The van der Waals surface area contributed by atoms with Crippen LogP contribution in [0.2, 0.25) is 0 Å². The Morgan fingerprint density at radius 3 is 1.63 bits per heavy atom. The van der Waals surface area contributed by atoms with Gasteiger partial charge in [0.15, 0.2) is 5.75 Å². The molecule has 35 heavy (non-hydrogen) atoms. The minimum atomic E-state index is -0.0863. The Labute approximate surface area is 206 Å². The van der Waals surface area contributed by atoms with Crippen LogP contribution in [0.3, 0.4) is 0 Å². The highest BCUT2D eigenvalue weighted by molar-refractivity contribution is 5.81. The first kappa shape index (κ1) is 22.4. The molecule has 172 valence electrons. The third-order valence-corrected chi connectivity index (χ3v) is 6.36. The van der Waals surface area contributed by atoms with Gasteiger partial charge < -0.3 is 10.2 Å². The number of para-hydroxylation sites is 2. The predicted molar refractivity (Wildman–Crippen MR) is 140 cm³/mol. The second-order valence-electron chi connectivity index (χ2n) is 9.04. The zero-order valence-corrected chi connectivity index (χ0v) is 20.1. The molecule has 0 atom stereocenters. The van der Waals surface area contributed by atoms with E-state index in [1.807, 2.05) is 85.1 Å². The fourth-order valence-corrected chi connectivity index (χ4v) is 4.38. The highest BCUT2D eigenvalue weighted by Gasteiger charge is 2.28. The number of benzene rings is 4. The fourth-order valence-electron chi connectivity index (χ4n) is 4.38. The molecule has 0 radical (unpaired) electrons. The molecule has 3 nitrogen and oxygen atoms in total. The van der Waals surface area contributed by atoms with Gasteiger partial charge in [-0.1, -0.05) is 77.4 Å². The Kier molecular flexibility index (Phi) is 5.84. The van der Waals surface area contributed by atoms with Gasteiger partial charge in [-0.25, -0.2) is 0 Å². The molecule has 0 bridgehead atoms. The van der Waals surface area contributed by atoms with Crippen LogP contribution in [0, 0.1) is 20.8 Å². The van der Waals surface area contributed by atoms with Gasteiger partial charge in [-0.2, -0.15) is 0 Å². The van der Waals surface area contributed by atoms with Crippen molar-refractivity contribution in [2.75, 3.05) is 0 Å². The van der Waals surface area contributed by atoms with E-state index in [4.69, 9.17) is 0 Å². The molecule has 0 saturated carbocycles. The quantitative estimate of drug-likeness (QED) is 0.306. The lowest BCUT2D eigenvalue weighted by atomic mass is 9.96. The Bertz CT molecular complexity index is 1500. The normalized spacial score (nSPS) is 10.9. The number of pyridine rings is 1. The lowest BCUT2D eigenvalue weighted by Crippen LogP contribution is -2.37. The number of nitrogens with zero attached hydrogens (tertiary/aromatic N) is 1. The van der Waals surface area contributed by atoms with Crippen LogP contribution in [-0.2, 0) is 0 Å². The summed E-state index contributed by atoms with van der Waals surface area (Å²) in [5.74, 6) is 0.0264. The fraction of sp³-hybridized carbons (Fsp3) is 0.0938. The van der Waals surface area contributed by atoms with Gasteiger partial charge in [0.1, 0.15) is 0 Å². The average Bonchev–Trinajstić information content (AvgIpc) is 2.86. The highest BCUT2D eigenvalue weighted by Crippen LogP contribution is 2.39. The Balaban J connectivity index is 1.93. The maximum atomic E-state index is 14.2. The molecule has 5 aromatic rings. The second-order valence-corrected chi connectivity index (χ2v) is 9.04. The predicted octanol–water partition coefficient (Wildman–Crippen LogP) is 6.67. The van der Waals surface area contributed by atoms with Gasteiger partial charge in [0.2, 0.25) is 11.4 Å². The van der Waals surface area contributed by atoms with Crippen LogP contribution >= 0.6 is 0 Å². The molecular weight excluding hydrogens is 430 g/mol. The summed E-state index contributed by atoms with van der Waals surface area (Å²) < 4.78 is 1.89. The van der Waals surface area contributed by atoms with Crippen molar-refractivity contribution in [3.63, 3.8) is 0 Å². The first-order valence-electron chi connectivity index (χ1n) is 11.7. The van der Waals surface area contributed by atoms with Crippen LogP contribution in [-0.4, -0.2) is 5.11 Å². The summed E-state index contributed by atoms with van der Waals surface area (Å²) in [6, 6.07) is 33.3. The standard InChI is InChI=1S/C32H27NO2/c1-21-8-14-24(15-9-21)27-20-29(25-16-10-22(2)11-17-25)33(28-6-4-5-7-30(28)34)31(32(27)35)26-18-12-23(3)13-19-26/h4-20H,1-3H3,(H-,34,35). The first-order chi connectivity index (χ1) is 16.9. The molecule has 1 N–H and O–H groups in total. The van der Waals surface area contributed by atoms with Gasteiger partial charge in [-0.15, -0.1) is 4.57 Å². The summed E-state index contributed by atoms with van der Waals surface area (Å²) in [4.78, 5) is 0. The summed E-state index contributed by atoms with van der Waals surface area (Å²) in [5.41, 5.74) is 8.56. The van der Waals surface area contributed by atoms with E-state index in [-0.39, 0.29) is 11.5 Å². The van der Waals surface area contributed by atoms with E-state index in [1.165, 1.54) is 0 Å². The van der Waals surface area contributed by atoms with Gasteiger partial charge in [0.25, 0.3) is 5.69 Å². The molecule has 0 aliphatic rings. The lowest BCUT2D eigenvalue weighted by molar-refractivity contribution is -0.576. The van der Waals surface area contributed by atoms with Crippen LogP contribution in [0.15, 0.2) is 103 Å². The van der Waals surface area contributed by atoms with Crippen molar-refractivity contribution in [3.05, 3.63) is 120 Å². The summed E-state index contributed by atoms with van der Waals surface area (Å²) in [6.07, 6.45) is 0. The largest absolute Gasteiger partial charge is 0.868 e. The molecule has 0 unspecified atom stereocenters. The molecule has 0 amide bonds. The van der Waals surface area contributed by atoms with Crippen molar-refractivity contribution in [2.45, 2.75) is 20.8 Å². The van der Waals surface area contributed by atoms with E-state index >= 15 is 0 Å². The van der Waals surface area contributed by atoms with Crippen LogP contribution < -0.4 is 9.67 Å². The van der Waals surface area contributed by atoms with E-state index in [0.717, 1.165) is 39.1 Å². The summed E-state index contributed by atoms with van der Waals surface area (Å²) >= 11 is 0. The van der Waals surface area contributed by atoms with Crippen LogP contribution in [0.4, 0.5) is 0 Å². The van der Waals surface area contributed by atoms with Crippen LogP contribution in [0.5, 0.6) is 11.5 Å². The van der Waals surface area contributed by atoms with Crippen molar-refractivity contribution in [1.29, 1.82) is 0 Å². The third-order valence-electron chi connectivity index (χ3n) is 6.36.